The van der Waals surface area contributed by atoms with Crippen molar-refractivity contribution in [1.82, 2.24) is 4.90 Å². The lowest BCUT2D eigenvalue weighted by atomic mass is 9.92. The van der Waals surface area contributed by atoms with Gasteiger partial charge in [0.2, 0.25) is 5.91 Å². The summed E-state index contributed by atoms with van der Waals surface area (Å²) in [5, 5.41) is 18.7. The third kappa shape index (κ3) is 2.64. The number of nitrogen functional groups attached to an aromatic ring is 1. The number of aliphatic carboxylic acids is 1. The van der Waals surface area contributed by atoms with E-state index in [9.17, 15) is 19.8 Å². The van der Waals surface area contributed by atoms with E-state index >= 15 is 0 Å². The molecule has 3 atom stereocenters. The number of ether oxygens (including phenoxy) is 1. The van der Waals surface area contributed by atoms with Gasteiger partial charge in [-0.2, -0.15) is 0 Å². The molecule has 1 fully saturated rings. The third-order valence-corrected chi connectivity index (χ3v) is 5.17. The van der Waals surface area contributed by atoms with E-state index in [2.05, 4.69) is 0 Å². The van der Waals surface area contributed by atoms with E-state index in [-0.39, 0.29) is 23.6 Å². The van der Waals surface area contributed by atoms with Crippen LogP contribution in [0.25, 0.3) is 0 Å². The average molecular weight is 336 g/mol. The Morgan fingerprint density at radius 1 is 1.43 bits per heavy atom. The van der Waals surface area contributed by atoms with E-state index in [1.165, 1.54) is 23.6 Å². The predicted molar refractivity (Wildman–Crippen MR) is 84.4 cm³/mol. The number of hydrogen-bond acceptors (Lipinski definition) is 6. The smallest absolute Gasteiger partial charge is 0.353 e. The summed E-state index contributed by atoms with van der Waals surface area (Å²) in [6.07, 6.45) is -0.816. The molecule has 0 aliphatic carbocycles. The lowest BCUT2D eigenvalue weighted by Gasteiger charge is -2.43. The number of carboxylic acids is 1. The number of nitrogens with two attached hydrogens (primary N) is 1. The average Bonchev–Trinajstić information content (AvgIpc) is 2.81. The first-order chi connectivity index (χ1) is 10.9. The Kier molecular flexibility index (Phi) is 3.95. The molecule has 0 spiro atoms. The highest BCUT2D eigenvalue weighted by atomic mass is 32.2. The summed E-state index contributed by atoms with van der Waals surface area (Å²) in [7, 11) is 0. The van der Waals surface area contributed by atoms with E-state index in [0.29, 0.717) is 16.3 Å². The zero-order valence-corrected chi connectivity index (χ0v) is 13.1. The molecule has 0 radical (unpaired) electrons. The molecular weight excluding hydrogens is 320 g/mol. The van der Waals surface area contributed by atoms with Gasteiger partial charge in [0.15, 0.2) is 0 Å². The summed E-state index contributed by atoms with van der Waals surface area (Å²) in [6.45, 7) is 1.58. The molecule has 122 valence electrons. The molecule has 2 aliphatic heterocycles. The Hall–Kier alpha value is -2.19. The molecule has 2 aliphatic rings. The van der Waals surface area contributed by atoms with Gasteiger partial charge in [-0.3, -0.25) is 9.69 Å². The number of carbonyl (C=O) groups is 2. The number of nitrogens with zero attached hydrogens (tertiary/aromatic N) is 1. The van der Waals surface area contributed by atoms with Gasteiger partial charge in [0.25, 0.3) is 0 Å². The van der Waals surface area contributed by atoms with Crippen LogP contribution in [0.1, 0.15) is 6.92 Å². The van der Waals surface area contributed by atoms with Crippen LogP contribution in [0.3, 0.4) is 0 Å². The zero-order valence-electron chi connectivity index (χ0n) is 12.3. The lowest BCUT2D eigenvalue weighted by Crippen LogP contribution is -2.60. The van der Waals surface area contributed by atoms with Crippen LogP contribution in [-0.4, -0.2) is 45.1 Å². The number of fused-ring (bicyclic) bond motifs is 1. The largest absolute Gasteiger partial charge is 0.488 e. The summed E-state index contributed by atoms with van der Waals surface area (Å²) >= 11 is 1.25. The molecule has 0 unspecified atom stereocenters. The highest BCUT2D eigenvalue weighted by molar-refractivity contribution is 8.04. The number of anilines is 1. The Morgan fingerprint density at radius 3 is 2.65 bits per heavy atom. The molecule has 1 aromatic carbocycles. The number of carbonyl (C=O) groups excluding carboxylic acids is 1. The Labute approximate surface area is 136 Å². The topological polar surface area (TPSA) is 113 Å². The molecule has 0 bridgehead atoms. The van der Waals surface area contributed by atoms with Gasteiger partial charge in [0.05, 0.1) is 16.9 Å². The molecule has 1 saturated heterocycles. The number of benzene rings is 1. The van der Waals surface area contributed by atoms with Crippen molar-refractivity contribution in [3.05, 3.63) is 34.9 Å². The summed E-state index contributed by atoms with van der Waals surface area (Å²) in [5.41, 5.74) is 6.14. The second kappa shape index (κ2) is 5.78. The first kappa shape index (κ1) is 15.7. The van der Waals surface area contributed by atoms with Crippen LogP contribution in [0.4, 0.5) is 5.69 Å². The monoisotopic (exact) mass is 336 g/mol. The van der Waals surface area contributed by atoms with Gasteiger partial charge in [0.1, 0.15) is 23.4 Å². The quantitative estimate of drug-likeness (QED) is 0.540. The van der Waals surface area contributed by atoms with Crippen LogP contribution in [0.2, 0.25) is 0 Å². The van der Waals surface area contributed by atoms with Crippen LogP contribution in [0, 0.1) is 5.92 Å². The first-order valence-electron chi connectivity index (χ1n) is 7.02. The summed E-state index contributed by atoms with van der Waals surface area (Å²) in [6, 6.07) is 6.75. The standard InChI is InChI=1S/C15H16N2O5S/c1-7(18)11-13(19)17-12(15(20)21)10(23-14(11)17)6-22-9-4-2-8(16)3-5-9/h2-5,7,11,14,18H,6,16H2,1H3,(H,20,21)/t7-,11+,14-/m1/s1. The maximum absolute atomic E-state index is 12.1. The molecule has 1 aromatic rings. The molecule has 23 heavy (non-hydrogen) atoms. The van der Waals surface area contributed by atoms with E-state index in [1.54, 1.807) is 24.3 Å². The molecule has 0 aromatic heterocycles. The fraction of sp³-hybridized carbons (Fsp3) is 0.333. The summed E-state index contributed by atoms with van der Waals surface area (Å²) in [5.74, 6) is -1.56. The second-order valence-electron chi connectivity index (χ2n) is 5.42. The number of thioether (sulfide) groups is 1. The first-order valence-corrected chi connectivity index (χ1v) is 7.90. The Balaban J connectivity index is 1.77. The van der Waals surface area contributed by atoms with Crippen LogP contribution in [-0.2, 0) is 9.59 Å². The minimum Gasteiger partial charge on any atom is -0.488 e. The predicted octanol–water partition coefficient (Wildman–Crippen LogP) is 0.856. The Morgan fingerprint density at radius 2 is 2.09 bits per heavy atom. The van der Waals surface area contributed by atoms with Gasteiger partial charge in [-0.15, -0.1) is 0 Å². The van der Waals surface area contributed by atoms with Crippen LogP contribution in [0.5, 0.6) is 5.75 Å². The molecular formula is C15H16N2O5S. The van der Waals surface area contributed by atoms with Crippen molar-refractivity contribution in [2.45, 2.75) is 18.4 Å². The second-order valence-corrected chi connectivity index (χ2v) is 6.63. The minimum atomic E-state index is -1.17. The number of aliphatic hydroxyl groups excluding tert-OH is 1. The summed E-state index contributed by atoms with van der Waals surface area (Å²) < 4.78 is 5.58. The molecule has 1 amide bonds. The van der Waals surface area contributed by atoms with Crippen molar-refractivity contribution in [3.8, 4) is 5.75 Å². The number of rotatable bonds is 5. The van der Waals surface area contributed by atoms with Gasteiger partial charge in [-0.25, -0.2) is 4.79 Å². The number of amides is 1. The molecule has 2 heterocycles. The van der Waals surface area contributed by atoms with Crippen molar-refractivity contribution >= 4 is 29.3 Å². The fourth-order valence-electron chi connectivity index (χ4n) is 2.67. The van der Waals surface area contributed by atoms with E-state index in [4.69, 9.17) is 10.5 Å². The minimum absolute atomic E-state index is 0.0447. The number of β-lactam (4-membered cyclic amide) rings is 1. The zero-order chi connectivity index (χ0) is 16.7. The molecule has 3 rings (SSSR count). The maximum Gasteiger partial charge on any atom is 0.353 e. The van der Waals surface area contributed by atoms with E-state index in [1.807, 2.05) is 0 Å². The molecule has 8 heteroatoms. The van der Waals surface area contributed by atoms with Gasteiger partial charge in [0, 0.05) is 5.69 Å². The van der Waals surface area contributed by atoms with Crippen LogP contribution in [0.15, 0.2) is 34.9 Å². The van der Waals surface area contributed by atoms with Gasteiger partial charge in [-0.1, -0.05) is 11.8 Å². The van der Waals surface area contributed by atoms with Gasteiger partial charge in [-0.05, 0) is 31.2 Å². The fourth-order valence-corrected chi connectivity index (χ4v) is 4.19. The Bertz CT molecular complexity index is 686. The van der Waals surface area contributed by atoms with Crippen molar-refractivity contribution in [3.63, 3.8) is 0 Å². The molecule has 7 nitrogen and oxygen atoms in total. The van der Waals surface area contributed by atoms with E-state index in [0.717, 1.165) is 0 Å². The van der Waals surface area contributed by atoms with Crippen molar-refractivity contribution < 1.29 is 24.5 Å². The SMILES string of the molecule is C[C@@H](O)[C@H]1C(=O)N2C(C(=O)O)=C(COc3ccc(N)cc3)S[C@H]12. The van der Waals surface area contributed by atoms with Crippen LogP contribution < -0.4 is 10.5 Å². The van der Waals surface area contributed by atoms with Crippen LogP contribution >= 0.6 is 11.8 Å². The highest BCUT2D eigenvalue weighted by Crippen LogP contribution is 2.50. The van der Waals surface area contributed by atoms with E-state index < -0.39 is 18.0 Å². The third-order valence-electron chi connectivity index (χ3n) is 3.82. The normalized spacial score (nSPS) is 24.3. The molecule has 4 N–H and O–H groups in total. The molecule has 0 saturated carbocycles. The van der Waals surface area contributed by atoms with Crippen molar-refractivity contribution in [1.29, 1.82) is 0 Å². The van der Waals surface area contributed by atoms with Crippen molar-refractivity contribution in [2.75, 3.05) is 12.3 Å². The number of aliphatic hydroxyl groups is 1. The van der Waals surface area contributed by atoms with Crippen molar-refractivity contribution in [2.24, 2.45) is 5.92 Å². The number of hydrogen-bond donors (Lipinski definition) is 3. The van der Waals surface area contributed by atoms with Gasteiger partial charge < -0.3 is 20.7 Å². The highest BCUT2D eigenvalue weighted by Gasteiger charge is 2.57. The maximum atomic E-state index is 12.1. The lowest BCUT2D eigenvalue weighted by molar-refractivity contribution is -0.156. The van der Waals surface area contributed by atoms with Gasteiger partial charge >= 0.3 is 5.97 Å². The summed E-state index contributed by atoms with van der Waals surface area (Å²) in [4.78, 5) is 25.2. The number of carboxylic acid groups (broad SMARTS) is 1.